The van der Waals surface area contributed by atoms with Crippen LogP contribution in [0.15, 0.2) is 18.2 Å². The summed E-state index contributed by atoms with van der Waals surface area (Å²) >= 11 is 0. The first-order chi connectivity index (χ1) is 7.16. The van der Waals surface area contributed by atoms with E-state index in [4.69, 9.17) is 15.6 Å². The van der Waals surface area contributed by atoms with Crippen molar-refractivity contribution in [2.75, 3.05) is 6.61 Å². The lowest BCUT2D eigenvalue weighted by atomic mass is 9.96. The Morgan fingerprint density at radius 2 is 2.40 bits per heavy atom. The molecule has 0 unspecified atom stereocenters. The van der Waals surface area contributed by atoms with Crippen LogP contribution in [0.2, 0.25) is 0 Å². The van der Waals surface area contributed by atoms with E-state index in [1.165, 1.54) is 0 Å². The van der Waals surface area contributed by atoms with E-state index in [0.29, 0.717) is 13.2 Å². The van der Waals surface area contributed by atoms with Crippen LogP contribution in [-0.2, 0) is 22.6 Å². The summed E-state index contributed by atoms with van der Waals surface area (Å²) in [6.45, 7) is 1.06. The number of ether oxygens (including phenoxy) is 1. The summed E-state index contributed by atoms with van der Waals surface area (Å²) in [5.74, 6) is -0.823. The van der Waals surface area contributed by atoms with Crippen LogP contribution in [0.4, 0.5) is 0 Å². The molecule has 0 fully saturated rings. The van der Waals surface area contributed by atoms with Gasteiger partial charge in [-0.2, -0.15) is 0 Å². The van der Waals surface area contributed by atoms with Gasteiger partial charge in [0.1, 0.15) is 0 Å². The van der Waals surface area contributed by atoms with E-state index < -0.39 is 5.97 Å². The second-order valence-electron chi connectivity index (χ2n) is 3.73. The van der Waals surface area contributed by atoms with Crippen LogP contribution < -0.4 is 5.73 Å². The van der Waals surface area contributed by atoms with Crippen LogP contribution in [0.3, 0.4) is 0 Å². The molecule has 1 aliphatic rings. The average molecular weight is 207 g/mol. The molecule has 0 amide bonds. The second kappa shape index (κ2) is 4.00. The number of aliphatic carboxylic acids is 1. The Labute approximate surface area is 87.7 Å². The van der Waals surface area contributed by atoms with Crippen molar-refractivity contribution >= 4 is 5.97 Å². The minimum atomic E-state index is -0.823. The summed E-state index contributed by atoms with van der Waals surface area (Å²) < 4.78 is 5.30. The molecule has 0 saturated heterocycles. The summed E-state index contributed by atoms with van der Waals surface area (Å²) in [6.07, 6.45) is 0.0442. The SMILES string of the molecule is N[C@H]1COCc2cc(CC(=O)O)ccc21. The Balaban J connectivity index is 2.29. The third kappa shape index (κ3) is 2.16. The van der Waals surface area contributed by atoms with E-state index in [0.717, 1.165) is 16.7 Å². The van der Waals surface area contributed by atoms with Crippen molar-refractivity contribution in [2.24, 2.45) is 5.73 Å². The normalized spacial score (nSPS) is 19.7. The Hall–Kier alpha value is -1.39. The fourth-order valence-corrected chi connectivity index (χ4v) is 1.82. The molecule has 1 aromatic carbocycles. The predicted molar refractivity (Wildman–Crippen MR) is 54.4 cm³/mol. The monoisotopic (exact) mass is 207 g/mol. The molecule has 4 nitrogen and oxygen atoms in total. The van der Waals surface area contributed by atoms with E-state index in [9.17, 15) is 4.79 Å². The molecule has 0 spiro atoms. The number of benzene rings is 1. The maximum absolute atomic E-state index is 10.5. The van der Waals surface area contributed by atoms with Gasteiger partial charge in [-0.05, 0) is 16.7 Å². The van der Waals surface area contributed by atoms with Gasteiger partial charge in [-0.25, -0.2) is 0 Å². The van der Waals surface area contributed by atoms with Gasteiger partial charge in [-0.3, -0.25) is 4.79 Å². The zero-order valence-corrected chi connectivity index (χ0v) is 8.27. The van der Waals surface area contributed by atoms with Crippen molar-refractivity contribution in [1.82, 2.24) is 0 Å². The summed E-state index contributed by atoms with van der Waals surface area (Å²) in [7, 11) is 0. The first kappa shape index (κ1) is 10.1. The van der Waals surface area contributed by atoms with Crippen molar-refractivity contribution in [2.45, 2.75) is 19.1 Å². The molecule has 4 heteroatoms. The van der Waals surface area contributed by atoms with E-state index in [2.05, 4.69) is 0 Å². The van der Waals surface area contributed by atoms with E-state index in [1.807, 2.05) is 18.2 Å². The Kier molecular flexibility index (Phi) is 2.70. The van der Waals surface area contributed by atoms with E-state index in [-0.39, 0.29) is 12.5 Å². The summed E-state index contributed by atoms with van der Waals surface area (Å²) in [5, 5.41) is 8.67. The molecule has 0 aliphatic carbocycles. The van der Waals surface area contributed by atoms with Gasteiger partial charge in [0.15, 0.2) is 0 Å². The number of carbonyl (C=O) groups is 1. The second-order valence-corrected chi connectivity index (χ2v) is 3.73. The molecule has 0 aromatic heterocycles. The number of carboxylic acid groups (broad SMARTS) is 1. The van der Waals surface area contributed by atoms with Crippen molar-refractivity contribution in [1.29, 1.82) is 0 Å². The van der Waals surface area contributed by atoms with Crippen molar-refractivity contribution < 1.29 is 14.6 Å². The van der Waals surface area contributed by atoms with Crippen LogP contribution in [-0.4, -0.2) is 17.7 Å². The fourth-order valence-electron chi connectivity index (χ4n) is 1.82. The molecule has 3 N–H and O–H groups in total. The van der Waals surface area contributed by atoms with Gasteiger partial charge < -0.3 is 15.6 Å². The zero-order valence-electron chi connectivity index (χ0n) is 8.27. The highest BCUT2D eigenvalue weighted by Crippen LogP contribution is 2.24. The molecule has 1 aliphatic heterocycles. The number of rotatable bonds is 2. The smallest absolute Gasteiger partial charge is 0.307 e. The standard InChI is InChI=1S/C11H13NO3/c12-10-6-15-5-8-3-7(4-11(13)14)1-2-9(8)10/h1-3,10H,4-6,12H2,(H,13,14)/t10-/m0/s1. The lowest BCUT2D eigenvalue weighted by Crippen LogP contribution is -2.23. The average Bonchev–Trinajstić information content (AvgIpc) is 2.17. The van der Waals surface area contributed by atoms with Gasteiger partial charge >= 0.3 is 5.97 Å². The Morgan fingerprint density at radius 1 is 1.60 bits per heavy atom. The zero-order chi connectivity index (χ0) is 10.8. The first-order valence-electron chi connectivity index (χ1n) is 4.83. The molecule has 15 heavy (non-hydrogen) atoms. The highest BCUT2D eigenvalue weighted by Gasteiger charge is 2.17. The maximum atomic E-state index is 10.5. The van der Waals surface area contributed by atoms with Crippen molar-refractivity contribution in [3.8, 4) is 0 Å². The highest BCUT2D eigenvalue weighted by molar-refractivity contribution is 5.70. The largest absolute Gasteiger partial charge is 0.481 e. The number of fused-ring (bicyclic) bond motifs is 1. The molecule has 0 radical (unpaired) electrons. The quantitative estimate of drug-likeness (QED) is 0.753. The van der Waals surface area contributed by atoms with Gasteiger partial charge in [0, 0.05) is 0 Å². The molecule has 1 atom stereocenters. The third-order valence-corrected chi connectivity index (χ3v) is 2.52. The van der Waals surface area contributed by atoms with Gasteiger partial charge in [-0.15, -0.1) is 0 Å². The van der Waals surface area contributed by atoms with Crippen LogP contribution in [0, 0.1) is 0 Å². The number of carboxylic acids is 1. The topological polar surface area (TPSA) is 72.5 Å². The lowest BCUT2D eigenvalue weighted by Gasteiger charge is -2.22. The van der Waals surface area contributed by atoms with Crippen LogP contribution in [0.5, 0.6) is 0 Å². The lowest BCUT2D eigenvalue weighted by molar-refractivity contribution is -0.136. The molecule has 1 aromatic rings. The summed E-state index contributed by atoms with van der Waals surface area (Å²) in [6, 6.07) is 5.49. The molecule has 2 rings (SSSR count). The van der Waals surface area contributed by atoms with E-state index in [1.54, 1.807) is 0 Å². The number of hydrogen-bond acceptors (Lipinski definition) is 3. The third-order valence-electron chi connectivity index (χ3n) is 2.52. The fraction of sp³-hybridized carbons (Fsp3) is 0.364. The molecule has 0 saturated carbocycles. The minimum Gasteiger partial charge on any atom is -0.481 e. The molecule has 0 bridgehead atoms. The van der Waals surface area contributed by atoms with Crippen LogP contribution in [0.1, 0.15) is 22.7 Å². The number of nitrogens with two attached hydrogens (primary N) is 1. The molecule has 1 heterocycles. The predicted octanol–water partition coefficient (Wildman–Crippen LogP) is 0.844. The summed E-state index contributed by atoms with van der Waals surface area (Å²) in [4.78, 5) is 10.5. The van der Waals surface area contributed by atoms with Gasteiger partial charge in [0.2, 0.25) is 0 Å². The maximum Gasteiger partial charge on any atom is 0.307 e. The molecular weight excluding hydrogens is 194 g/mol. The van der Waals surface area contributed by atoms with Gasteiger partial charge in [0.05, 0.1) is 25.7 Å². The Morgan fingerprint density at radius 3 is 3.13 bits per heavy atom. The molecule has 80 valence electrons. The van der Waals surface area contributed by atoms with Gasteiger partial charge in [-0.1, -0.05) is 18.2 Å². The molecular formula is C11H13NO3. The highest BCUT2D eigenvalue weighted by atomic mass is 16.5. The Bertz CT molecular complexity index is 389. The summed E-state index contributed by atoms with van der Waals surface area (Å²) in [5.41, 5.74) is 8.72. The van der Waals surface area contributed by atoms with Crippen LogP contribution in [0.25, 0.3) is 0 Å². The number of hydrogen-bond donors (Lipinski definition) is 2. The van der Waals surface area contributed by atoms with Gasteiger partial charge in [0.25, 0.3) is 0 Å². The minimum absolute atomic E-state index is 0.0442. The van der Waals surface area contributed by atoms with Crippen molar-refractivity contribution in [3.63, 3.8) is 0 Å². The van der Waals surface area contributed by atoms with Crippen molar-refractivity contribution in [3.05, 3.63) is 34.9 Å². The first-order valence-corrected chi connectivity index (χ1v) is 4.83. The van der Waals surface area contributed by atoms with Crippen LogP contribution >= 0.6 is 0 Å². The van der Waals surface area contributed by atoms with E-state index >= 15 is 0 Å².